The van der Waals surface area contributed by atoms with Gasteiger partial charge in [0.25, 0.3) is 0 Å². The van der Waals surface area contributed by atoms with Crippen LogP contribution in [-0.2, 0) is 9.47 Å². The summed E-state index contributed by atoms with van der Waals surface area (Å²) < 4.78 is 11.6. The van der Waals surface area contributed by atoms with Gasteiger partial charge in [-0.25, -0.2) is 0 Å². The first-order valence-corrected chi connectivity index (χ1v) is 5.18. The Bertz CT molecular complexity index is 219. The zero-order valence-corrected chi connectivity index (χ0v) is 9.59. The van der Waals surface area contributed by atoms with E-state index in [0.29, 0.717) is 0 Å². The molecule has 1 rings (SSSR count). The van der Waals surface area contributed by atoms with Gasteiger partial charge in [-0.2, -0.15) is 0 Å². The highest BCUT2D eigenvalue weighted by molar-refractivity contribution is 4.94. The monoisotopic (exact) mass is 196 g/mol. The van der Waals surface area contributed by atoms with E-state index in [1.807, 2.05) is 0 Å². The number of unbranched alkanes of at least 4 members (excludes halogenated alkanes) is 1. The van der Waals surface area contributed by atoms with Crippen LogP contribution in [-0.4, -0.2) is 17.5 Å². The fourth-order valence-corrected chi connectivity index (χ4v) is 1.45. The summed E-state index contributed by atoms with van der Waals surface area (Å²) in [5.74, 6) is 2.62. The van der Waals surface area contributed by atoms with Gasteiger partial charge in [0.2, 0.25) is 0 Å². The summed E-state index contributed by atoms with van der Waals surface area (Å²) in [5.41, 5.74) is -0.429. The molecular formula is C12H20O2. The van der Waals surface area contributed by atoms with Crippen molar-refractivity contribution in [1.82, 2.24) is 0 Å². The second kappa shape index (κ2) is 3.92. The molecule has 1 aliphatic rings. The van der Waals surface area contributed by atoms with Gasteiger partial charge in [0, 0.05) is 6.42 Å². The van der Waals surface area contributed by atoms with E-state index in [0.717, 1.165) is 19.3 Å². The van der Waals surface area contributed by atoms with Gasteiger partial charge < -0.3 is 9.47 Å². The first-order valence-electron chi connectivity index (χ1n) is 5.18. The number of hydrogen-bond donors (Lipinski definition) is 0. The highest BCUT2D eigenvalue weighted by Gasteiger charge is 2.48. The van der Waals surface area contributed by atoms with E-state index in [1.54, 1.807) is 0 Å². The first kappa shape index (κ1) is 11.6. The molecule has 0 spiro atoms. The van der Waals surface area contributed by atoms with Gasteiger partial charge in [-0.3, -0.25) is 0 Å². The van der Waals surface area contributed by atoms with Crippen molar-refractivity contribution in [1.29, 1.82) is 0 Å². The average Bonchev–Trinajstić information content (AvgIpc) is 2.21. The number of hydrogen-bond acceptors (Lipinski definition) is 2. The van der Waals surface area contributed by atoms with Gasteiger partial charge in [0.15, 0.2) is 6.29 Å². The molecule has 2 nitrogen and oxygen atoms in total. The fourth-order valence-electron chi connectivity index (χ4n) is 1.45. The summed E-state index contributed by atoms with van der Waals surface area (Å²) in [7, 11) is 0. The number of terminal acetylenes is 1. The van der Waals surface area contributed by atoms with E-state index in [-0.39, 0.29) is 17.5 Å². The summed E-state index contributed by atoms with van der Waals surface area (Å²) in [6.07, 6.45) is 7.75. The highest BCUT2D eigenvalue weighted by atomic mass is 16.7. The molecule has 2 heteroatoms. The van der Waals surface area contributed by atoms with Gasteiger partial charge in [-0.15, -0.1) is 12.3 Å². The standard InChI is InChI=1S/C12H20O2/c1-6-7-8-9-10-13-11(2,3)12(4,5)14-10/h1,10H,7-9H2,2-5H3. The van der Waals surface area contributed by atoms with Crippen LogP contribution in [0.15, 0.2) is 0 Å². The summed E-state index contributed by atoms with van der Waals surface area (Å²) in [6.45, 7) is 8.25. The minimum Gasteiger partial charge on any atom is -0.344 e. The zero-order valence-electron chi connectivity index (χ0n) is 9.59. The predicted octanol–water partition coefficient (Wildman–Crippen LogP) is 2.72. The molecule has 14 heavy (non-hydrogen) atoms. The van der Waals surface area contributed by atoms with Gasteiger partial charge in [0.1, 0.15) is 0 Å². The van der Waals surface area contributed by atoms with Crippen LogP contribution < -0.4 is 0 Å². The Morgan fingerprint density at radius 1 is 1.14 bits per heavy atom. The molecule has 0 amide bonds. The quantitative estimate of drug-likeness (QED) is 0.510. The molecule has 0 aromatic rings. The van der Waals surface area contributed by atoms with Crippen LogP contribution in [0.25, 0.3) is 0 Å². The number of ether oxygens (including phenoxy) is 2. The summed E-state index contributed by atoms with van der Waals surface area (Å²) in [5, 5.41) is 0. The molecule has 0 aromatic heterocycles. The van der Waals surface area contributed by atoms with Crippen LogP contribution in [0.3, 0.4) is 0 Å². The van der Waals surface area contributed by atoms with E-state index < -0.39 is 0 Å². The molecule has 80 valence electrons. The molecule has 0 radical (unpaired) electrons. The second-order valence-corrected chi connectivity index (χ2v) is 4.78. The maximum Gasteiger partial charge on any atom is 0.159 e. The molecule has 1 fully saturated rings. The van der Waals surface area contributed by atoms with Crippen molar-refractivity contribution in [3.63, 3.8) is 0 Å². The van der Waals surface area contributed by atoms with Crippen molar-refractivity contribution in [2.24, 2.45) is 0 Å². The lowest BCUT2D eigenvalue weighted by atomic mass is 9.90. The topological polar surface area (TPSA) is 18.5 Å². The van der Waals surface area contributed by atoms with Crippen molar-refractivity contribution in [2.45, 2.75) is 64.4 Å². The molecule has 1 aliphatic heterocycles. The van der Waals surface area contributed by atoms with Gasteiger partial charge in [-0.1, -0.05) is 0 Å². The molecular weight excluding hydrogens is 176 g/mol. The molecule has 0 atom stereocenters. The summed E-state index contributed by atoms with van der Waals surface area (Å²) in [4.78, 5) is 0. The molecule has 0 aliphatic carbocycles. The maximum atomic E-state index is 5.82. The van der Waals surface area contributed by atoms with Gasteiger partial charge in [0.05, 0.1) is 11.2 Å². The minimum atomic E-state index is -0.214. The molecule has 0 bridgehead atoms. The van der Waals surface area contributed by atoms with E-state index in [2.05, 4.69) is 33.6 Å². The van der Waals surface area contributed by atoms with Crippen LogP contribution >= 0.6 is 0 Å². The van der Waals surface area contributed by atoms with Crippen LogP contribution in [0.1, 0.15) is 47.0 Å². The smallest absolute Gasteiger partial charge is 0.159 e. The Morgan fingerprint density at radius 2 is 1.64 bits per heavy atom. The van der Waals surface area contributed by atoms with E-state index >= 15 is 0 Å². The van der Waals surface area contributed by atoms with Crippen molar-refractivity contribution >= 4 is 0 Å². The fraction of sp³-hybridized carbons (Fsp3) is 0.833. The van der Waals surface area contributed by atoms with Gasteiger partial charge >= 0.3 is 0 Å². The Labute approximate surface area is 87.0 Å². The summed E-state index contributed by atoms with van der Waals surface area (Å²) >= 11 is 0. The molecule has 1 heterocycles. The average molecular weight is 196 g/mol. The van der Waals surface area contributed by atoms with Crippen molar-refractivity contribution < 1.29 is 9.47 Å². The van der Waals surface area contributed by atoms with Gasteiger partial charge in [-0.05, 0) is 40.5 Å². The molecule has 0 saturated carbocycles. The Morgan fingerprint density at radius 3 is 2.07 bits per heavy atom. The maximum absolute atomic E-state index is 5.82. The normalized spacial score (nSPS) is 24.8. The van der Waals surface area contributed by atoms with E-state index in [1.165, 1.54) is 0 Å². The Hall–Kier alpha value is -0.520. The van der Waals surface area contributed by atoms with Crippen LogP contribution in [0, 0.1) is 12.3 Å². The van der Waals surface area contributed by atoms with E-state index in [9.17, 15) is 0 Å². The Balaban J connectivity index is 2.44. The second-order valence-electron chi connectivity index (χ2n) is 4.78. The third-order valence-electron chi connectivity index (χ3n) is 3.06. The zero-order chi connectivity index (χ0) is 10.8. The van der Waals surface area contributed by atoms with Crippen LogP contribution in [0.5, 0.6) is 0 Å². The highest BCUT2D eigenvalue weighted by Crippen LogP contribution is 2.39. The third-order valence-corrected chi connectivity index (χ3v) is 3.06. The predicted molar refractivity (Wildman–Crippen MR) is 56.8 cm³/mol. The van der Waals surface area contributed by atoms with Crippen molar-refractivity contribution in [3.8, 4) is 12.3 Å². The SMILES string of the molecule is C#CCCCC1OC(C)(C)C(C)(C)O1. The number of rotatable bonds is 3. The molecule has 1 saturated heterocycles. The minimum absolute atomic E-state index is 0.0895. The van der Waals surface area contributed by atoms with Crippen LogP contribution in [0.2, 0.25) is 0 Å². The lowest BCUT2D eigenvalue weighted by Gasteiger charge is -2.30. The van der Waals surface area contributed by atoms with E-state index in [4.69, 9.17) is 15.9 Å². The summed E-state index contributed by atoms with van der Waals surface area (Å²) in [6, 6.07) is 0. The lowest BCUT2D eigenvalue weighted by molar-refractivity contribution is -0.0908. The van der Waals surface area contributed by atoms with Crippen molar-refractivity contribution in [3.05, 3.63) is 0 Å². The lowest BCUT2D eigenvalue weighted by Crippen LogP contribution is -2.41. The largest absolute Gasteiger partial charge is 0.344 e. The third kappa shape index (κ3) is 2.29. The van der Waals surface area contributed by atoms with Crippen molar-refractivity contribution in [2.75, 3.05) is 0 Å². The first-order chi connectivity index (χ1) is 6.39. The molecule has 0 unspecified atom stereocenters. The Kier molecular flexibility index (Phi) is 3.24. The molecule has 0 N–H and O–H groups in total. The molecule has 0 aromatic carbocycles. The van der Waals surface area contributed by atoms with Crippen LogP contribution in [0.4, 0.5) is 0 Å².